The molecule has 0 aromatic heterocycles. The van der Waals surface area contributed by atoms with Crippen LogP contribution in [0.25, 0.3) is 0 Å². The Morgan fingerprint density at radius 3 is 2.47 bits per heavy atom. The summed E-state index contributed by atoms with van der Waals surface area (Å²) in [4.78, 5) is 11.5. The number of Topliss-reactive ketones (excluding diaryl/α,β-unsaturated/α-hetero) is 1. The van der Waals surface area contributed by atoms with Crippen LogP contribution < -0.4 is 4.74 Å². The van der Waals surface area contributed by atoms with E-state index in [-0.39, 0.29) is 0 Å². The maximum absolute atomic E-state index is 13.2. The fraction of sp³-hybridized carbons (Fsp3) is 0.364. The van der Waals surface area contributed by atoms with Crippen LogP contribution in [0.4, 0.5) is 8.78 Å². The van der Waals surface area contributed by atoms with E-state index >= 15 is 0 Å². The Morgan fingerprint density at radius 2 is 1.89 bits per heavy atom. The first-order chi connectivity index (χ1) is 8.90. The minimum atomic E-state index is -3.48. The Kier molecular flexibility index (Phi) is 5.60. The lowest BCUT2D eigenvalue weighted by Gasteiger charge is -2.13. The number of carbonyl (C=O) groups is 1. The maximum atomic E-state index is 13.2. The molecule has 0 aliphatic rings. The van der Waals surface area contributed by atoms with Gasteiger partial charge in [0.05, 0.1) is 0 Å². The van der Waals surface area contributed by atoms with Gasteiger partial charge < -0.3 is 13.8 Å². The molecule has 0 N–H and O–H groups in total. The summed E-state index contributed by atoms with van der Waals surface area (Å²) in [5.41, 5.74) is 0. The van der Waals surface area contributed by atoms with Gasteiger partial charge in [-0.2, -0.15) is 0 Å². The zero-order valence-electron chi connectivity index (χ0n) is 10.4. The summed E-state index contributed by atoms with van der Waals surface area (Å²) in [7, 11) is -1.19. The standard InChI is InChI=1S/C11H13F2O5P/c1-16-19(15,17-2)7-9(14)6-18-11-5-8(12)3-4-10(11)13/h3-5H,6-7H2,1-2H3. The normalized spacial score (nSPS) is 11.4. The highest BCUT2D eigenvalue weighted by atomic mass is 31.2. The molecule has 0 aliphatic carbocycles. The molecule has 1 rings (SSSR count). The Bertz CT molecular complexity index is 498. The number of ketones is 1. The first kappa shape index (κ1) is 15.8. The van der Waals surface area contributed by atoms with Crippen molar-refractivity contribution in [3.63, 3.8) is 0 Å². The van der Waals surface area contributed by atoms with E-state index in [2.05, 4.69) is 9.05 Å². The Hall–Kier alpha value is -1.30. The lowest BCUT2D eigenvalue weighted by atomic mass is 10.3. The van der Waals surface area contributed by atoms with Crippen LogP contribution in [0.15, 0.2) is 18.2 Å². The number of hydrogen-bond donors (Lipinski definition) is 0. The molecule has 0 atom stereocenters. The van der Waals surface area contributed by atoms with Crippen LogP contribution in [0.1, 0.15) is 0 Å². The van der Waals surface area contributed by atoms with E-state index in [0.29, 0.717) is 0 Å². The van der Waals surface area contributed by atoms with Crippen molar-refractivity contribution in [2.24, 2.45) is 0 Å². The summed E-state index contributed by atoms with van der Waals surface area (Å²) in [6.07, 6.45) is -0.503. The summed E-state index contributed by atoms with van der Waals surface area (Å²) >= 11 is 0. The zero-order chi connectivity index (χ0) is 14.5. The van der Waals surface area contributed by atoms with Crippen LogP contribution in [-0.4, -0.2) is 32.8 Å². The number of halogens is 2. The van der Waals surface area contributed by atoms with Gasteiger partial charge in [0.2, 0.25) is 0 Å². The average Bonchev–Trinajstić information content (AvgIpc) is 2.39. The quantitative estimate of drug-likeness (QED) is 0.723. The molecule has 0 unspecified atom stereocenters. The summed E-state index contributed by atoms with van der Waals surface area (Å²) < 4.78 is 51.6. The second-order valence-electron chi connectivity index (χ2n) is 3.54. The third-order valence-corrected chi connectivity index (χ3v) is 4.06. The van der Waals surface area contributed by atoms with Crippen molar-refractivity contribution in [3.8, 4) is 5.75 Å². The molecule has 0 bridgehead atoms. The van der Waals surface area contributed by atoms with Gasteiger partial charge >= 0.3 is 7.60 Å². The molecule has 0 saturated carbocycles. The van der Waals surface area contributed by atoms with Gasteiger partial charge in [-0.3, -0.25) is 9.36 Å². The highest BCUT2D eigenvalue weighted by molar-refractivity contribution is 7.54. The molecule has 1 aromatic carbocycles. The molecule has 8 heteroatoms. The van der Waals surface area contributed by atoms with Gasteiger partial charge in [0.1, 0.15) is 18.6 Å². The van der Waals surface area contributed by atoms with Crippen molar-refractivity contribution in [1.82, 2.24) is 0 Å². The van der Waals surface area contributed by atoms with Gasteiger partial charge in [0, 0.05) is 20.3 Å². The molecular formula is C11H13F2O5P. The molecular weight excluding hydrogens is 281 g/mol. The molecule has 19 heavy (non-hydrogen) atoms. The predicted molar refractivity (Wildman–Crippen MR) is 63.4 cm³/mol. The van der Waals surface area contributed by atoms with E-state index in [4.69, 9.17) is 4.74 Å². The Balaban J connectivity index is 2.60. The van der Waals surface area contributed by atoms with Crippen LogP contribution in [0.3, 0.4) is 0 Å². The number of carbonyl (C=O) groups excluding carboxylic acids is 1. The lowest BCUT2D eigenvalue weighted by molar-refractivity contribution is -0.118. The molecule has 5 nitrogen and oxygen atoms in total. The van der Waals surface area contributed by atoms with E-state index in [9.17, 15) is 18.1 Å². The molecule has 0 spiro atoms. The fourth-order valence-corrected chi connectivity index (χ4v) is 2.14. The van der Waals surface area contributed by atoms with E-state index < -0.39 is 43.5 Å². The third-order valence-electron chi connectivity index (χ3n) is 2.21. The molecule has 0 heterocycles. The summed E-state index contributed by atoms with van der Waals surface area (Å²) in [6.45, 7) is -0.558. The summed E-state index contributed by atoms with van der Waals surface area (Å²) in [5.74, 6) is -2.49. The van der Waals surface area contributed by atoms with Crippen molar-refractivity contribution < 1.29 is 31.9 Å². The maximum Gasteiger partial charge on any atom is 0.337 e. The molecule has 1 aromatic rings. The minimum Gasteiger partial charge on any atom is -0.483 e. The fourth-order valence-electron chi connectivity index (χ4n) is 1.21. The second-order valence-corrected chi connectivity index (χ2v) is 5.80. The average molecular weight is 294 g/mol. The van der Waals surface area contributed by atoms with Crippen molar-refractivity contribution in [2.75, 3.05) is 27.0 Å². The van der Waals surface area contributed by atoms with E-state index in [1.807, 2.05) is 0 Å². The van der Waals surface area contributed by atoms with E-state index in [1.54, 1.807) is 0 Å². The highest BCUT2D eigenvalue weighted by Gasteiger charge is 2.25. The lowest BCUT2D eigenvalue weighted by Crippen LogP contribution is -2.17. The monoisotopic (exact) mass is 294 g/mol. The molecule has 0 fully saturated rings. The van der Waals surface area contributed by atoms with Gasteiger partial charge in [-0.15, -0.1) is 0 Å². The Morgan fingerprint density at radius 1 is 1.26 bits per heavy atom. The Labute approximate surface area is 109 Å². The van der Waals surface area contributed by atoms with Gasteiger partial charge in [-0.25, -0.2) is 8.78 Å². The summed E-state index contributed by atoms with van der Waals surface area (Å²) in [6, 6.07) is 2.62. The first-order valence-electron chi connectivity index (χ1n) is 5.20. The number of rotatable bonds is 7. The van der Waals surface area contributed by atoms with Crippen molar-refractivity contribution in [3.05, 3.63) is 29.8 Å². The van der Waals surface area contributed by atoms with Crippen molar-refractivity contribution in [1.29, 1.82) is 0 Å². The van der Waals surface area contributed by atoms with Gasteiger partial charge in [0.25, 0.3) is 0 Å². The van der Waals surface area contributed by atoms with Crippen LogP contribution in [0.2, 0.25) is 0 Å². The summed E-state index contributed by atoms with van der Waals surface area (Å²) in [5, 5.41) is 0. The molecule has 0 radical (unpaired) electrons. The molecule has 0 saturated heterocycles. The molecule has 0 aliphatic heterocycles. The molecule has 0 amide bonds. The van der Waals surface area contributed by atoms with Crippen molar-refractivity contribution in [2.45, 2.75) is 0 Å². The van der Waals surface area contributed by atoms with Crippen molar-refractivity contribution >= 4 is 13.4 Å². The third kappa shape index (κ3) is 4.70. The van der Waals surface area contributed by atoms with Crippen LogP contribution in [-0.2, 0) is 18.4 Å². The molecule has 106 valence electrons. The highest BCUT2D eigenvalue weighted by Crippen LogP contribution is 2.45. The van der Waals surface area contributed by atoms with E-state index in [1.165, 1.54) is 0 Å². The topological polar surface area (TPSA) is 61.8 Å². The first-order valence-corrected chi connectivity index (χ1v) is 6.93. The van der Waals surface area contributed by atoms with Crippen LogP contribution in [0.5, 0.6) is 5.75 Å². The largest absolute Gasteiger partial charge is 0.483 e. The predicted octanol–water partition coefficient (Wildman–Crippen LogP) is 2.40. The van der Waals surface area contributed by atoms with Crippen LogP contribution in [0, 0.1) is 11.6 Å². The smallest absolute Gasteiger partial charge is 0.337 e. The second kappa shape index (κ2) is 6.75. The number of hydrogen-bond acceptors (Lipinski definition) is 5. The SMILES string of the molecule is COP(=O)(CC(=O)COc1cc(F)ccc1F)OC. The van der Waals surface area contributed by atoms with Gasteiger partial charge in [-0.05, 0) is 12.1 Å². The zero-order valence-corrected chi connectivity index (χ0v) is 11.3. The number of benzene rings is 1. The van der Waals surface area contributed by atoms with Gasteiger partial charge in [-0.1, -0.05) is 0 Å². The minimum absolute atomic E-state index is 0.391. The van der Waals surface area contributed by atoms with Crippen LogP contribution >= 0.6 is 7.60 Å². The number of ether oxygens (including phenoxy) is 1. The van der Waals surface area contributed by atoms with E-state index in [0.717, 1.165) is 32.4 Å². The van der Waals surface area contributed by atoms with Gasteiger partial charge in [0.15, 0.2) is 17.3 Å².